The van der Waals surface area contributed by atoms with Gasteiger partial charge in [0.15, 0.2) is 0 Å². The summed E-state index contributed by atoms with van der Waals surface area (Å²) in [5.74, 6) is -1.04. The predicted molar refractivity (Wildman–Crippen MR) is 98.5 cm³/mol. The largest absolute Gasteiger partial charge is 0.391 e. The fourth-order valence-corrected chi connectivity index (χ4v) is 2.87. The molecule has 1 fully saturated rings. The number of hydrogen-bond acceptors (Lipinski definition) is 3. The lowest BCUT2D eigenvalue weighted by molar-refractivity contribution is 0.0923. The highest BCUT2D eigenvalue weighted by molar-refractivity contribution is 5.95. The maximum absolute atomic E-state index is 14.3. The molecule has 1 amide bonds. The van der Waals surface area contributed by atoms with Gasteiger partial charge in [-0.25, -0.2) is 4.39 Å². The van der Waals surface area contributed by atoms with Crippen LogP contribution < -0.4 is 10.6 Å². The van der Waals surface area contributed by atoms with Crippen LogP contribution in [0.25, 0.3) is 11.1 Å². The Bertz CT molecular complexity index is 737. The number of hydrogen-bond donors (Lipinski definition) is 3. The molecule has 3 N–H and O–H groups in total. The molecule has 1 heterocycles. The average molecular weight is 365 g/mol. The van der Waals surface area contributed by atoms with Gasteiger partial charge in [-0.15, -0.1) is 12.4 Å². The van der Waals surface area contributed by atoms with Crippen LogP contribution in [0.1, 0.15) is 15.9 Å². The highest BCUT2D eigenvalue weighted by Gasteiger charge is 2.25. The van der Waals surface area contributed by atoms with Crippen molar-refractivity contribution in [3.8, 4) is 11.1 Å². The first kappa shape index (κ1) is 19.4. The zero-order valence-electron chi connectivity index (χ0n) is 14.0. The monoisotopic (exact) mass is 364 g/mol. The molecule has 0 bridgehead atoms. The Hall–Kier alpha value is -1.95. The Labute approximate surface area is 152 Å². The van der Waals surface area contributed by atoms with Gasteiger partial charge in [-0.05, 0) is 30.2 Å². The second-order valence-corrected chi connectivity index (χ2v) is 6.26. The van der Waals surface area contributed by atoms with E-state index in [2.05, 4.69) is 10.6 Å². The Morgan fingerprint density at radius 1 is 1.20 bits per heavy atom. The Balaban J connectivity index is 0.00000225. The van der Waals surface area contributed by atoms with E-state index in [1.807, 2.05) is 31.2 Å². The summed E-state index contributed by atoms with van der Waals surface area (Å²) in [5, 5.41) is 15.5. The first-order valence-electron chi connectivity index (χ1n) is 8.08. The lowest BCUT2D eigenvalue weighted by Gasteiger charge is -2.14. The maximum Gasteiger partial charge on any atom is 0.254 e. The first-order chi connectivity index (χ1) is 11.5. The highest BCUT2D eigenvalue weighted by atomic mass is 35.5. The van der Waals surface area contributed by atoms with Crippen LogP contribution >= 0.6 is 12.4 Å². The number of benzene rings is 2. The van der Waals surface area contributed by atoms with Gasteiger partial charge in [-0.3, -0.25) is 4.79 Å². The summed E-state index contributed by atoms with van der Waals surface area (Å²) in [6.07, 6.45) is -0.473. The topological polar surface area (TPSA) is 61.4 Å². The molecule has 2 aromatic carbocycles. The quantitative estimate of drug-likeness (QED) is 0.781. The van der Waals surface area contributed by atoms with Crippen LogP contribution in [0, 0.1) is 18.7 Å². The molecule has 2 aromatic rings. The number of amides is 1. The van der Waals surface area contributed by atoms with E-state index in [0.29, 0.717) is 19.6 Å². The minimum atomic E-state index is -0.546. The van der Waals surface area contributed by atoms with Crippen molar-refractivity contribution in [2.45, 2.75) is 13.0 Å². The van der Waals surface area contributed by atoms with Crippen LogP contribution in [0.3, 0.4) is 0 Å². The van der Waals surface area contributed by atoms with Crippen molar-refractivity contribution in [1.82, 2.24) is 10.6 Å². The van der Waals surface area contributed by atoms with Crippen LogP contribution in [0.15, 0.2) is 42.5 Å². The van der Waals surface area contributed by atoms with Gasteiger partial charge in [0, 0.05) is 25.6 Å². The van der Waals surface area contributed by atoms with E-state index in [-0.39, 0.29) is 23.9 Å². The fourth-order valence-electron chi connectivity index (χ4n) is 2.87. The third-order valence-corrected chi connectivity index (χ3v) is 4.43. The first-order valence-corrected chi connectivity index (χ1v) is 8.08. The number of aliphatic hydroxyl groups is 1. The minimum Gasteiger partial charge on any atom is -0.391 e. The van der Waals surface area contributed by atoms with Gasteiger partial charge in [-0.2, -0.15) is 0 Å². The van der Waals surface area contributed by atoms with Gasteiger partial charge in [0.2, 0.25) is 0 Å². The average Bonchev–Trinajstić information content (AvgIpc) is 2.98. The standard InChI is InChI=1S/C19H21FN2O2.ClH/c1-12-2-4-13(5-3-12)14-6-7-16(17(20)8-14)19(24)22-10-15-9-21-11-18(15)23;/h2-8,15,18,21,23H,9-11H2,1H3,(H,22,24);1H. The van der Waals surface area contributed by atoms with Gasteiger partial charge in [0.25, 0.3) is 5.91 Å². The molecule has 1 aliphatic heterocycles. The van der Waals surface area contributed by atoms with Crippen molar-refractivity contribution < 1.29 is 14.3 Å². The van der Waals surface area contributed by atoms with Gasteiger partial charge in [0.05, 0.1) is 11.7 Å². The van der Waals surface area contributed by atoms with Crippen molar-refractivity contribution in [2.75, 3.05) is 19.6 Å². The van der Waals surface area contributed by atoms with E-state index >= 15 is 0 Å². The van der Waals surface area contributed by atoms with Crippen molar-refractivity contribution in [3.05, 3.63) is 59.4 Å². The molecule has 0 radical (unpaired) electrons. The summed E-state index contributed by atoms with van der Waals surface area (Å²) in [6, 6.07) is 12.4. The molecule has 2 unspecified atom stereocenters. The smallest absolute Gasteiger partial charge is 0.254 e. The number of β-amino-alcohol motifs (C(OH)–C–C–N with tert-alkyl or cyclic N) is 1. The molecule has 25 heavy (non-hydrogen) atoms. The van der Waals surface area contributed by atoms with Crippen LogP contribution in [-0.2, 0) is 0 Å². The molecule has 134 valence electrons. The number of rotatable bonds is 4. The minimum absolute atomic E-state index is 0. The summed E-state index contributed by atoms with van der Waals surface area (Å²) in [5.41, 5.74) is 2.80. The van der Waals surface area contributed by atoms with Gasteiger partial charge in [0.1, 0.15) is 5.82 Å². The van der Waals surface area contributed by atoms with E-state index in [1.54, 1.807) is 6.07 Å². The van der Waals surface area contributed by atoms with Crippen LogP contribution in [0.4, 0.5) is 4.39 Å². The molecule has 0 saturated carbocycles. The second kappa shape index (κ2) is 8.43. The number of nitrogens with one attached hydrogen (secondary N) is 2. The van der Waals surface area contributed by atoms with Gasteiger partial charge >= 0.3 is 0 Å². The Kier molecular flexibility index (Phi) is 6.53. The normalized spacial score (nSPS) is 19.3. The van der Waals surface area contributed by atoms with Crippen molar-refractivity contribution in [1.29, 1.82) is 0 Å². The summed E-state index contributed by atoms with van der Waals surface area (Å²) in [4.78, 5) is 12.2. The molecular weight excluding hydrogens is 343 g/mol. The molecule has 4 nitrogen and oxygen atoms in total. The summed E-state index contributed by atoms with van der Waals surface area (Å²) in [7, 11) is 0. The Morgan fingerprint density at radius 3 is 2.48 bits per heavy atom. The van der Waals surface area contributed by atoms with E-state index in [9.17, 15) is 14.3 Å². The van der Waals surface area contributed by atoms with E-state index < -0.39 is 17.8 Å². The van der Waals surface area contributed by atoms with Crippen LogP contribution in [-0.4, -0.2) is 36.8 Å². The molecular formula is C19H22ClFN2O2. The zero-order chi connectivity index (χ0) is 17.1. The van der Waals surface area contributed by atoms with Gasteiger partial charge < -0.3 is 15.7 Å². The molecule has 6 heteroatoms. The molecule has 0 spiro atoms. The third-order valence-electron chi connectivity index (χ3n) is 4.43. The second-order valence-electron chi connectivity index (χ2n) is 6.26. The van der Waals surface area contributed by atoms with E-state index in [1.165, 1.54) is 12.1 Å². The number of carbonyl (C=O) groups excluding carboxylic acids is 1. The SMILES string of the molecule is Cc1ccc(-c2ccc(C(=O)NCC3CNCC3O)c(F)c2)cc1.Cl. The molecule has 3 rings (SSSR count). The van der Waals surface area contributed by atoms with E-state index in [0.717, 1.165) is 16.7 Å². The predicted octanol–water partition coefficient (Wildman–Crippen LogP) is 2.53. The molecule has 0 aliphatic carbocycles. The summed E-state index contributed by atoms with van der Waals surface area (Å²) in [6.45, 7) is 3.50. The lowest BCUT2D eigenvalue weighted by atomic mass is 10.0. The maximum atomic E-state index is 14.3. The number of aliphatic hydroxyl groups excluding tert-OH is 1. The lowest BCUT2D eigenvalue weighted by Crippen LogP contribution is -2.34. The number of carbonyl (C=O) groups is 1. The van der Waals surface area contributed by atoms with Gasteiger partial charge in [-0.1, -0.05) is 35.9 Å². The zero-order valence-corrected chi connectivity index (χ0v) is 14.8. The molecule has 2 atom stereocenters. The fraction of sp³-hybridized carbons (Fsp3) is 0.316. The van der Waals surface area contributed by atoms with Crippen molar-refractivity contribution in [2.24, 2.45) is 5.92 Å². The number of aryl methyl sites for hydroxylation is 1. The number of halogens is 2. The van der Waals surface area contributed by atoms with E-state index in [4.69, 9.17) is 0 Å². The highest BCUT2D eigenvalue weighted by Crippen LogP contribution is 2.22. The van der Waals surface area contributed by atoms with Crippen LogP contribution in [0.2, 0.25) is 0 Å². The molecule has 1 saturated heterocycles. The molecule has 1 aliphatic rings. The summed E-state index contributed by atoms with van der Waals surface area (Å²) < 4.78 is 14.3. The summed E-state index contributed by atoms with van der Waals surface area (Å²) >= 11 is 0. The van der Waals surface area contributed by atoms with Crippen molar-refractivity contribution >= 4 is 18.3 Å². The van der Waals surface area contributed by atoms with Crippen molar-refractivity contribution in [3.63, 3.8) is 0 Å². The third kappa shape index (κ3) is 4.57. The Morgan fingerprint density at radius 2 is 1.88 bits per heavy atom. The molecule has 0 aromatic heterocycles. The van der Waals surface area contributed by atoms with Crippen LogP contribution in [0.5, 0.6) is 0 Å².